The second kappa shape index (κ2) is 6.58. The van der Waals surface area contributed by atoms with Crippen molar-refractivity contribution in [3.63, 3.8) is 0 Å². The molecule has 0 saturated heterocycles. The third-order valence-corrected chi connectivity index (χ3v) is 5.57. The van der Waals surface area contributed by atoms with Crippen LogP contribution in [0.1, 0.15) is 30.9 Å². The summed E-state index contributed by atoms with van der Waals surface area (Å²) >= 11 is 0. The van der Waals surface area contributed by atoms with E-state index < -0.39 is 10.0 Å². The van der Waals surface area contributed by atoms with Crippen molar-refractivity contribution in [1.29, 1.82) is 0 Å². The molecular formula is C15H21NO4S. The van der Waals surface area contributed by atoms with Crippen LogP contribution in [-0.2, 0) is 32.4 Å². The molecule has 1 aliphatic carbocycles. The molecule has 0 unspecified atom stereocenters. The summed E-state index contributed by atoms with van der Waals surface area (Å²) in [5, 5.41) is 0. The molecule has 21 heavy (non-hydrogen) atoms. The largest absolute Gasteiger partial charge is 0.466 e. The fourth-order valence-electron chi connectivity index (χ4n) is 2.49. The highest BCUT2D eigenvalue weighted by molar-refractivity contribution is 7.89. The molecule has 116 valence electrons. The van der Waals surface area contributed by atoms with Gasteiger partial charge in [0.2, 0.25) is 10.0 Å². The summed E-state index contributed by atoms with van der Waals surface area (Å²) < 4.78 is 31.0. The molecule has 0 fully saturated rings. The first-order valence-corrected chi connectivity index (χ1v) is 8.63. The van der Waals surface area contributed by atoms with E-state index >= 15 is 0 Å². The number of nitrogens with zero attached hydrogens (tertiary/aromatic N) is 1. The topological polar surface area (TPSA) is 63.7 Å². The number of esters is 1. The van der Waals surface area contributed by atoms with Gasteiger partial charge in [-0.05, 0) is 49.4 Å². The standard InChI is InChI=1S/C15H21NO4S/c1-3-20-15(17)9-10-16(2)21(18,19)14-8-7-12-5-4-6-13(12)11-14/h7-8,11H,3-6,9-10H2,1-2H3. The highest BCUT2D eigenvalue weighted by Crippen LogP contribution is 2.25. The minimum Gasteiger partial charge on any atom is -0.466 e. The molecule has 6 heteroatoms. The van der Waals surface area contributed by atoms with E-state index in [-0.39, 0.29) is 18.9 Å². The van der Waals surface area contributed by atoms with E-state index in [0.717, 1.165) is 24.8 Å². The lowest BCUT2D eigenvalue weighted by Gasteiger charge is -2.17. The van der Waals surface area contributed by atoms with Gasteiger partial charge in [0.25, 0.3) is 0 Å². The third kappa shape index (κ3) is 3.63. The summed E-state index contributed by atoms with van der Waals surface area (Å²) in [5.74, 6) is -0.381. The lowest BCUT2D eigenvalue weighted by atomic mass is 10.1. The Bertz CT molecular complexity index is 625. The van der Waals surface area contributed by atoms with Gasteiger partial charge < -0.3 is 4.74 Å². The molecule has 0 radical (unpaired) electrons. The van der Waals surface area contributed by atoms with Gasteiger partial charge >= 0.3 is 5.97 Å². The third-order valence-electron chi connectivity index (χ3n) is 3.71. The number of hydrogen-bond acceptors (Lipinski definition) is 4. The van der Waals surface area contributed by atoms with Crippen molar-refractivity contribution in [1.82, 2.24) is 4.31 Å². The van der Waals surface area contributed by atoms with Crippen molar-refractivity contribution in [2.24, 2.45) is 0 Å². The first-order valence-electron chi connectivity index (χ1n) is 7.19. The number of fused-ring (bicyclic) bond motifs is 1. The van der Waals surface area contributed by atoms with E-state index in [9.17, 15) is 13.2 Å². The molecule has 0 aliphatic heterocycles. The average molecular weight is 311 g/mol. The second-order valence-corrected chi connectivity index (χ2v) is 7.21. The molecule has 1 aliphatic rings. The summed E-state index contributed by atoms with van der Waals surface area (Å²) in [6.07, 6.45) is 3.10. The molecule has 5 nitrogen and oxygen atoms in total. The predicted molar refractivity (Wildman–Crippen MR) is 79.5 cm³/mol. The van der Waals surface area contributed by atoms with E-state index in [1.165, 1.54) is 16.9 Å². The Labute approximate surface area is 126 Å². The van der Waals surface area contributed by atoms with E-state index in [2.05, 4.69) is 0 Å². The van der Waals surface area contributed by atoms with Crippen LogP contribution in [0.2, 0.25) is 0 Å². The Morgan fingerprint density at radius 1 is 1.29 bits per heavy atom. The first kappa shape index (κ1) is 16.0. The van der Waals surface area contributed by atoms with Gasteiger partial charge in [0.15, 0.2) is 0 Å². The summed E-state index contributed by atoms with van der Waals surface area (Å²) in [6.45, 7) is 2.15. The maximum absolute atomic E-state index is 12.5. The summed E-state index contributed by atoms with van der Waals surface area (Å²) in [5.41, 5.74) is 2.36. The van der Waals surface area contributed by atoms with Crippen LogP contribution in [0, 0.1) is 0 Å². The lowest BCUT2D eigenvalue weighted by Crippen LogP contribution is -2.29. The number of hydrogen-bond donors (Lipinski definition) is 0. The number of carbonyl (C=O) groups excluding carboxylic acids is 1. The van der Waals surface area contributed by atoms with E-state index in [4.69, 9.17) is 4.74 Å². The number of aryl methyl sites for hydroxylation is 2. The van der Waals surface area contributed by atoms with Crippen LogP contribution in [0.5, 0.6) is 0 Å². The first-order chi connectivity index (χ1) is 9.95. The molecule has 0 atom stereocenters. The van der Waals surface area contributed by atoms with Gasteiger partial charge in [-0.2, -0.15) is 0 Å². The predicted octanol–water partition coefficient (Wildman–Crippen LogP) is 1.75. The normalized spacial score (nSPS) is 14.2. The Morgan fingerprint density at radius 2 is 2.00 bits per heavy atom. The summed E-state index contributed by atoms with van der Waals surface area (Å²) in [4.78, 5) is 11.6. The Balaban J connectivity index is 2.08. The molecular weight excluding hydrogens is 290 g/mol. The maximum atomic E-state index is 12.5. The quantitative estimate of drug-likeness (QED) is 0.751. The average Bonchev–Trinajstić information content (AvgIpc) is 2.92. The van der Waals surface area contributed by atoms with Crippen LogP contribution in [0.25, 0.3) is 0 Å². The molecule has 0 aromatic heterocycles. The molecule has 0 spiro atoms. The van der Waals surface area contributed by atoms with Crippen LogP contribution in [-0.4, -0.2) is 38.9 Å². The minimum absolute atomic E-state index is 0.0640. The maximum Gasteiger partial charge on any atom is 0.307 e. The molecule has 1 aromatic carbocycles. The van der Waals surface area contributed by atoms with Gasteiger partial charge in [-0.1, -0.05) is 6.07 Å². The van der Waals surface area contributed by atoms with Gasteiger partial charge in [-0.3, -0.25) is 4.79 Å². The fraction of sp³-hybridized carbons (Fsp3) is 0.533. The zero-order valence-electron chi connectivity index (χ0n) is 12.5. The fourth-order valence-corrected chi connectivity index (χ4v) is 3.71. The monoisotopic (exact) mass is 311 g/mol. The molecule has 0 bridgehead atoms. The highest BCUT2D eigenvalue weighted by Gasteiger charge is 2.23. The molecule has 2 rings (SSSR count). The molecule has 1 aromatic rings. The molecule has 0 amide bonds. The van der Waals surface area contributed by atoms with Crippen molar-refractivity contribution in [2.45, 2.75) is 37.5 Å². The van der Waals surface area contributed by atoms with Crippen LogP contribution in [0.15, 0.2) is 23.1 Å². The van der Waals surface area contributed by atoms with Crippen LogP contribution >= 0.6 is 0 Å². The van der Waals surface area contributed by atoms with Crippen LogP contribution in [0.4, 0.5) is 0 Å². The second-order valence-electron chi connectivity index (χ2n) is 5.17. The zero-order valence-corrected chi connectivity index (χ0v) is 13.3. The minimum atomic E-state index is -3.55. The highest BCUT2D eigenvalue weighted by atomic mass is 32.2. The van der Waals surface area contributed by atoms with Gasteiger partial charge in [0.05, 0.1) is 17.9 Å². The van der Waals surface area contributed by atoms with Gasteiger partial charge in [0, 0.05) is 13.6 Å². The van der Waals surface area contributed by atoms with Crippen molar-refractivity contribution >= 4 is 16.0 Å². The zero-order chi connectivity index (χ0) is 15.5. The molecule has 0 N–H and O–H groups in total. The van der Waals surface area contributed by atoms with Crippen LogP contribution in [0.3, 0.4) is 0 Å². The molecule has 0 heterocycles. The van der Waals surface area contributed by atoms with Crippen molar-refractivity contribution in [3.05, 3.63) is 29.3 Å². The number of rotatable bonds is 6. The van der Waals surface area contributed by atoms with Gasteiger partial charge in [-0.15, -0.1) is 0 Å². The van der Waals surface area contributed by atoms with Gasteiger partial charge in [-0.25, -0.2) is 12.7 Å². The van der Waals surface area contributed by atoms with E-state index in [1.807, 2.05) is 6.07 Å². The summed E-state index contributed by atoms with van der Waals surface area (Å²) in [7, 11) is -2.06. The SMILES string of the molecule is CCOC(=O)CCN(C)S(=O)(=O)c1ccc2c(c1)CCC2. The van der Waals surface area contributed by atoms with Crippen molar-refractivity contribution in [3.8, 4) is 0 Å². The Hall–Kier alpha value is -1.40. The number of carbonyl (C=O) groups is 1. The number of benzene rings is 1. The van der Waals surface area contributed by atoms with E-state index in [0.29, 0.717) is 11.5 Å². The van der Waals surface area contributed by atoms with Crippen molar-refractivity contribution in [2.75, 3.05) is 20.2 Å². The number of sulfonamides is 1. The van der Waals surface area contributed by atoms with Crippen LogP contribution < -0.4 is 0 Å². The lowest BCUT2D eigenvalue weighted by molar-refractivity contribution is -0.143. The van der Waals surface area contributed by atoms with Crippen molar-refractivity contribution < 1.29 is 17.9 Å². The number of ether oxygens (including phenoxy) is 1. The van der Waals surface area contributed by atoms with E-state index in [1.54, 1.807) is 19.1 Å². The Morgan fingerprint density at radius 3 is 2.71 bits per heavy atom. The summed E-state index contributed by atoms with van der Waals surface area (Å²) in [6, 6.07) is 5.31. The Kier molecular flexibility index (Phi) is 5.00. The smallest absolute Gasteiger partial charge is 0.307 e. The molecule has 0 saturated carbocycles. The van der Waals surface area contributed by atoms with Gasteiger partial charge in [0.1, 0.15) is 0 Å².